The van der Waals surface area contributed by atoms with E-state index in [9.17, 15) is 4.79 Å². The van der Waals surface area contributed by atoms with E-state index in [1.54, 1.807) is 0 Å². The molecule has 17 heavy (non-hydrogen) atoms. The highest BCUT2D eigenvalue weighted by Crippen LogP contribution is 2.03. The Hall–Kier alpha value is -1.59. The zero-order chi connectivity index (χ0) is 12.5. The minimum Gasteiger partial charge on any atom is -0.447 e. The van der Waals surface area contributed by atoms with E-state index < -0.39 is 6.09 Å². The topological polar surface area (TPSA) is 78.8 Å². The molecule has 1 amide bonds. The van der Waals surface area contributed by atoms with Crippen molar-refractivity contribution >= 4 is 6.09 Å². The molecule has 0 fully saturated rings. The van der Waals surface area contributed by atoms with Gasteiger partial charge in [0.25, 0.3) is 0 Å². The van der Waals surface area contributed by atoms with Gasteiger partial charge >= 0.3 is 6.09 Å². The predicted octanol–water partition coefficient (Wildman–Crippen LogP) is 0.308. The summed E-state index contributed by atoms with van der Waals surface area (Å²) < 4.78 is 4.65. The van der Waals surface area contributed by atoms with Crippen LogP contribution in [0.1, 0.15) is 5.56 Å². The molecule has 0 saturated heterocycles. The quantitative estimate of drug-likeness (QED) is 0.667. The molecule has 94 valence electrons. The van der Waals surface area contributed by atoms with Gasteiger partial charge in [-0.1, -0.05) is 30.3 Å². The number of carbonyl (C=O) groups is 1. The third-order valence-corrected chi connectivity index (χ3v) is 2.19. The summed E-state index contributed by atoms with van der Waals surface area (Å²) in [4.78, 5) is 11.2. The van der Waals surface area contributed by atoms with E-state index in [-0.39, 0.29) is 25.9 Å². The lowest BCUT2D eigenvalue weighted by atomic mass is 10.1. The number of carbonyl (C=O) groups excluding carboxylic acids is 1. The van der Waals surface area contributed by atoms with Crippen LogP contribution in [0, 0.1) is 0 Å². The number of alkyl carbamates (subject to hydrolysis) is 1. The first-order chi connectivity index (χ1) is 8.26. The van der Waals surface area contributed by atoms with E-state index in [0.29, 0.717) is 6.42 Å². The molecule has 0 heterocycles. The minimum absolute atomic E-state index is 0.0463. The second-order valence-corrected chi connectivity index (χ2v) is 3.57. The summed E-state index contributed by atoms with van der Waals surface area (Å²) in [6.07, 6.45) is -0.0972. The maximum Gasteiger partial charge on any atom is 0.407 e. The van der Waals surface area contributed by atoms with Crippen molar-refractivity contribution < 1.29 is 19.7 Å². The van der Waals surface area contributed by atoms with E-state index in [4.69, 9.17) is 10.2 Å². The standard InChI is InChI=1S/C12H17NO4/c14-6-7-17-12(16)13-11(9-15)8-10-4-2-1-3-5-10/h1-5,11,14-15H,6-9H2,(H,13,16). The Morgan fingerprint density at radius 2 is 2.00 bits per heavy atom. The van der Waals surface area contributed by atoms with Crippen LogP contribution >= 0.6 is 0 Å². The molecule has 0 saturated carbocycles. The van der Waals surface area contributed by atoms with E-state index >= 15 is 0 Å². The van der Waals surface area contributed by atoms with Crippen molar-refractivity contribution in [3.05, 3.63) is 35.9 Å². The van der Waals surface area contributed by atoms with Crippen molar-refractivity contribution in [2.24, 2.45) is 0 Å². The molecular weight excluding hydrogens is 222 g/mol. The van der Waals surface area contributed by atoms with Crippen molar-refractivity contribution in [1.82, 2.24) is 5.32 Å². The van der Waals surface area contributed by atoms with Gasteiger partial charge in [-0.2, -0.15) is 0 Å². The first-order valence-electron chi connectivity index (χ1n) is 5.45. The van der Waals surface area contributed by atoms with E-state index in [1.807, 2.05) is 30.3 Å². The Bertz CT molecular complexity index is 329. The highest BCUT2D eigenvalue weighted by atomic mass is 16.6. The summed E-state index contributed by atoms with van der Waals surface area (Å²) >= 11 is 0. The second-order valence-electron chi connectivity index (χ2n) is 3.57. The smallest absolute Gasteiger partial charge is 0.407 e. The molecular formula is C12H17NO4. The van der Waals surface area contributed by atoms with Crippen molar-refractivity contribution in [2.45, 2.75) is 12.5 Å². The first kappa shape index (κ1) is 13.5. The number of nitrogens with one attached hydrogen (secondary N) is 1. The number of aliphatic hydroxyl groups excluding tert-OH is 2. The summed E-state index contributed by atoms with van der Waals surface area (Å²) in [5, 5.41) is 20.2. The number of hydrogen-bond donors (Lipinski definition) is 3. The molecule has 5 heteroatoms. The molecule has 0 aromatic heterocycles. The third kappa shape index (κ3) is 5.33. The number of aliphatic hydroxyl groups is 2. The van der Waals surface area contributed by atoms with Crippen LogP contribution < -0.4 is 5.32 Å². The molecule has 3 N–H and O–H groups in total. The van der Waals surface area contributed by atoms with Gasteiger partial charge < -0.3 is 20.3 Å². The van der Waals surface area contributed by atoms with Crippen molar-refractivity contribution in [2.75, 3.05) is 19.8 Å². The molecule has 1 atom stereocenters. The van der Waals surface area contributed by atoms with E-state index in [0.717, 1.165) is 5.56 Å². The molecule has 1 unspecified atom stereocenters. The average molecular weight is 239 g/mol. The summed E-state index contributed by atoms with van der Waals surface area (Å²) in [5.74, 6) is 0. The van der Waals surface area contributed by atoms with Crippen LogP contribution in [0.25, 0.3) is 0 Å². The van der Waals surface area contributed by atoms with Gasteiger partial charge in [-0.25, -0.2) is 4.79 Å². The number of rotatable bonds is 6. The van der Waals surface area contributed by atoms with Gasteiger partial charge in [0, 0.05) is 0 Å². The molecule has 1 rings (SSSR count). The number of hydrogen-bond acceptors (Lipinski definition) is 4. The number of ether oxygens (including phenoxy) is 1. The van der Waals surface area contributed by atoms with Gasteiger partial charge in [-0.05, 0) is 12.0 Å². The van der Waals surface area contributed by atoms with Gasteiger partial charge in [0.1, 0.15) is 6.61 Å². The van der Waals surface area contributed by atoms with Crippen LogP contribution in [0.3, 0.4) is 0 Å². The van der Waals surface area contributed by atoms with Crippen LogP contribution in [-0.4, -0.2) is 42.2 Å². The minimum atomic E-state index is -0.631. The normalized spacial score (nSPS) is 11.9. The molecule has 0 bridgehead atoms. The second kappa shape index (κ2) is 7.65. The fraction of sp³-hybridized carbons (Fsp3) is 0.417. The summed E-state index contributed by atoms with van der Waals surface area (Å²) in [6, 6.07) is 9.15. The Balaban J connectivity index is 2.41. The van der Waals surface area contributed by atoms with Gasteiger partial charge in [0.2, 0.25) is 0 Å². The third-order valence-electron chi connectivity index (χ3n) is 2.19. The molecule has 1 aromatic rings. The Kier molecular flexibility index (Phi) is 6.06. The van der Waals surface area contributed by atoms with Gasteiger partial charge in [-0.3, -0.25) is 0 Å². The highest BCUT2D eigenvalue weighted by molar-refractivity contribution is 5.67. The maximum absolute atomic E-state index is 11.2. The average Bonchev–Trinajstić information content (AvgIpc) is 2.36. The SMILES string of the molecule is O=C(NC(CO)Cc1ccccc1)OCCO. The first-order valence-corrected chi connectivity index (χ1v) is 5.45. The predicted molar refractivity (Wildman–Crippen MR) is 62.6 cm³/mol. The van der Waals surface area contributed by atoms with Crippen molar-refractivity contribution in [3.8, 4) is 0 Å². The van der Waals surface area contributed by atoms with Gasteiger partial charge in [0.05, 0.1) is 19.3 Å². The lowest BCUT2D eigenvalue weighted by Gasteiger charge is -2.16. The van der Waals surface area contributed by atoms with Crippen LogP contribution in [0.2, 0.25) is 0 Å². The van der Waals surface area contributed by atoms with Gasteiger partial charge in [0.15, 0.2) is 0 Å². The highest BCUT2D eigenvalue weighted by Gasteiger charge is 2.12. The molecule has 0 aliphatic carbocycles. The number of amides is 1. The zero-order valence-corrected chi connectivity index (χ0v) is 9.50. The van der Waals surface area contributed by atoms with Gasteiger partial charge in [-0.15, -0.1) is 0 Å². The lowest BCUT2D eigenvalue weighted by molar-refractivity contribution is 0.112. The molecule has 0 radical (unpaired) electrons. The number of benzene rings is 1. The van der Waals surface area contributed by atoms with Crippen LogP contribution in [0.5, 0.6) is 0 Å². The fourth-order valence-corrected chi connectivity index (χ4v) is 1.41. The molecule has 0 spiro atoms. The van der Waals surface area contributed by atoms with E-state index in [1.165, 1.54) is 0 Å². The van der Waals surface area contributed by atoms with Crippen LogP contribution in [0.15, 0.2) is 30.3 Å². The van der Waals surface area contributed by atoms with Crippen molar-refractivity contribution in [3.63, 3.8) is 0 Å². The fourth-order valence-electron chi connectivity index (χ4n) is 1.41. The molecule has 1 aromatic carbocycles. The Labute approximate surface area is 100 Å². The summed E-state index contributed by atoms with van der Waals surface area (Å²) in [6.45, 7) is -0.422. The van der Waals surface area contributed by atoms with Crippen molar-refractivity contribution in [1.29, 1.82) is 0 Å². The Morgan fingerprint density at radius 1 is 1.29 bits per heavy atom. The molecule has 0 aliphatic heterocycles. The van der Waals surface area contributed by atoms with E-state index in [2.05, 4.69) is 10.1 Å². The maximum atomic E-state index is 11.2. The van der Waals surface area contributed by atoms with Crippen LogP contribution in [0.4, 0.5) is 4.79 Å². The lowest BCUT2D eigenvalue weighted by Crippen LogP contribution is -2.39. The largest absolute Gasteiger partial charge is 0.447 e. The molecule has 0 aliphatic rings. The monoisotopic (exact) mass is 239 g/mol. The summed E-state index contributed by atoms with van der Waals surface area (Å²) in [5.41, 5.74) is 1.02. The Morgan fingerprint density at radius 3 is 2.59 bits per heavy atom. The molecule has 5 nitrogen and oxygen atoms in total. The van der Waals surface area contributed by atoms with Crippen LogP contribution in [-0.2, 0) is 11.2 Å². The zero-order valence-electron chi connectivity index (χ0n) is 9.50. The summed E-state index contributed by atoms with van der Waals surface area (Å²) in [7, 11) is 0.